The van der Waals surface area contributed by atoms with Crippen molar-refractivity contribution in [1.82, 2.24) is 9.38 Å². The lowest BCUT2D eigenvalue weighted by Gasteiger charge is -2.11. The molecule has 0 amide bonds. The lowest BCUT2D eigenvalue weighted by atomic mass is 10.1. The highest BCUT2D eigenvalue weighted by atomic mass is 32.2. The number of hydrogen-bond acceptors (Lipinski definition) is 5. The SMILES string of the molecule is O=S(=O)(Oc1cccc(-c2nc3ccccn3c2NCc2ccccc2)c1)c1ccc(F)cc1. The normalized spacial score (nSPS) is 11.4. The van der Waals surface area contributed by atoms with Gasteiger partial charge >= 0.3 is 10.1 Å². The fraction of sp³-hybridized carbons (Fsp3) is 0.0385. The third-order valence-corrected chi connectivity index (χ3v) is 6.51. The summed E-state index contributed by atoms with van der Waals surface area (Å²) in [5.74, 6) is 0.384. The van der Waals surface area contributed by atoms with Crippen LogP contribution in [0.1, 0.15) is 5.56 Å². The van der Waals surface area contributed by atoms with Crippen LogP contribution >= 0.6 is 0 Å². The van der Waals surface area contributed by atoms with Gasteiger partial charge < -0.3 is 9.50 Å². The molecule has 34 heavy (non-hydrogen) atoms. The van der Waals surface area contributed by atoms with E-state index in [1.165, 1.54) is 12.1 Å². The van der Waals surface area contributed by atoms with E-state index >= 15 is 0 Å². The number of aromatic nitrogens is 2. The molecule has 3 aromatic carbocycles. The molecule has 0 unspecified atom stereocenters. The summed E-state index contributed by atoms with van der Waals surface area (Å²) in [6.45, 7) is 0.589. The van der Waals surface area contributed by atoms with Gasteiger partial charge in [0.1, 0.15) is 33.6 Å². The van der Waals surface area contributed by atoms with Crippen molar-refractivity contribution in [1.29, 1.82) is 0 Å². The molecular formula is C26H20FN3O3S. The highest BCUT2D eigenvalue weighted by molar-refractivity contribution is 7.87. The molecule has 5 aromatic rings. The second-order valence-corrected chi connectivity index (χ2v) is 9.14. The fourth-order valence-corrected chi connectivity index (χ4v) is 4.54. The Balaban J connectivity index is 1.49. The van der Waals surface area contributed by atoms with Gasteiger partial charge in [0, 0.05) is 18.3 Å². The average Bonchev–Trinajstić information content (AvgIpc) is 3.22. The standard InChI is InChI=1S/C26H20FN3O3S/c27-21-12-14-23(15-13-21)34(31,32)33-22-10-6-9-20(17-22)25-26(28-18-19-7-2-1-3-8-19)30-16-5-4-11-24(30)29-25/h1-17,28H,18H2. The molecule has 8 heteroatoms. The third-order valence-electron chi connectivity index (χ3n) is 5.25. The lowest BCUT2D eigenvalue weighted by molar-refractivity contribution is 0.486. The first kappa shape index (κ1) is 21.7. The minimum absolute atomic E-state index is 0.128. The van der Waals surface area contributed by atoms with E-state index in [0.717, 1.165) is 29.2 Å². The maximum absolute atomic E-state index is 13.2. The van der Waals surface area contributed by atoms with Gasteiger partial charge in [0.2, 0.25) is 0 Å². The lowest BCUT2D eigenvalue weighted by Crippen LogP contribution is -2.09. The number of benzene rings is 3. The number of rotatable bonds is 7. The number of pyridine rings is 1. The number of halogens is 1. The van der Waals surface area contributed by atoms with Crippen molar-refractivity contribution < 1.29 is 17.0 Å². The topological polar surface area (TPSA) is 72.7 Å². The Morgan fingerprint density at radius 2 is 1.65 bits per heavy atom. The summed E-state index contributed by atoms with van der Waals surface area (Å²) in [7, 11) is -4.12. The van der Waals surface area contributed by atoms with E-state index in [1.807, 2.05) is 65.2 Å². The zero-order valence-electron chi connectivity index (χ0n) is 17.9. The third kappa shape index (κ3) is 4.49. The first-order chi connectivity index (χ1) is 16.5. The minimum atomic E-state index is -4.12. The predicted molar refractivity (Wildman–Crippen MR) is 129 cm³/mol. The van der Waals surface area contributed by atoms with Gasteiger partial charge in [-0.3, -0.25) is 4.40 Å². The Hall–Kier alpha value is -4.17. The van der Waals surface area contributed by atoms with Gasteiger partial charge in [-0.05, 0) is 54.1 Å². The van der Waals surface area contributed by atoms with Crippen molar-refractivity contribution in [3.05, 3.63) is 115 Å². The van der Waals surface area contributed by atoms with Crippen LogP contribution in [-0.4, -0.2) is 17.8 Å². The first-order valence-corrected chi connectivity index (χ1v) is 12.0. The van der Waals surface area contributed by atoms with Crippen LogP contribution in [0.25, 0.3) is 16.9 Å². The van der Waals surface area contributed by atoms with Crippen LogP contribution in [-0.2, 0) is 16.7 Å². The smallest absolute Gasteiger partial charge is 0.339 e. The molecule has 0 aliphatic heterocycles. The summed E-state index contributed by atoms with van der Waals surface area (Å²) >= 11 is 0. The van der Waals surface area contributed by atoms with Crippen LogP contribution in [0, 0.1) is 5.82 Å². The van der Waals surface area contributed by atoms with E-state index in [-0.39, 0.29) is 10.6 Å². The van der Waals surface area contributed by atoms with E-state index in [0.29, 0.717) is 17.8 Å². The van der Waals surface area contributed by atoms with Crippen molar-refractivity contribution in [2.45, 2.75) is 11.4 Å². The van der Waals surface area contributed by atoms with E-state index in [1.54, 1.807) is 18.2 Å². The van der Waals surface area contributed by atoms with Crippen LogP contribution in [0.5, 0.6) is 5.75 Å². The maximum atomic E-state index is 13.2. The molecule has 0 spiro atoms. The average molecular weight is 474 g/mol. The van der Waals surface area contributed by atoms with E-state index in [2.05, 4.69) is 5.32 Å². The summed E-state index contributed by atoms with van der Waals surface area (Å²) in [4.78, 5) is 4.63. The van der Waals surface area contributed by atoms with Crippen molar-refractivity contribution >= 4 is 21.6 Å². The van der Waals surface area contributed by atoms with E-state index in [9.17, 15) is 12.8 Å². The second-order valence-electron chi connectivity index (χ2n) is 7.60. The number of hydrogen-bond donors (Lipinski definition) is 1. The largest absolute Gasteiger partial charge is 0.379 e. The molecule has 2 aromatic heterocycles. The molecule has 6 nitrogen and oxygen atoms in total. The molecule has 0 fully saturated rings. The fourth-order valence-electron chi connectivity index (χ4n) is 3.62. The highest BCUT2D eigenvalue weighted by Crippen LogP contribution is 2.32. The van der Waals surface area contributed by atoms with Crippen molar-refractivity contribution in [2.24, 2.45) is 0 Å². The molecule has 2 heterocycles. The number of imidazole rings is 1. The zero-order chi connectivity index (χ0) is 23.5. The Labute approximate surface area is 196 Å². The molecule has 0 aliphatic carbocycles. The monoisotopic (exact) mass is 473 g/mol. The van der Waals surface area contributed by atoms with Crippen LogP contribution in [0.2, 0.25) is 0 Å². The van der Waals surface area contributed by atoms with Crippen LogP contribution in [0.15, 0.2) is 108 Å². The molecule has 5 rings (SSSR count). The minimum Gasteiger partial charge on any atom is -0.379 e. The summed E-state index contributed by atoms with van der Waals surface area (Å²) in [5.41, 5.74) is 3.21. The Kier molecular flexibility index (Phi) is 5.73. The molecule has 1 N–H and O–H groups in total. The first-order valence-electron chi connectivity index (χ1n) is 10.5. The highest BCUT2D eigenvalue weighted by Gasteiger charge is 2.19. The van der Waals surface area contributed by atoms with Crippen molar-refractivity contribution in [3.63, 3.8) is 0 Å². The van der Waals surface area contributed by atoms with Crippen molar-refractivity contribution in [2.75, 3.05) is 5.32 Å². The molecule has 0 aliphatic rings. The maximum Gasteiger partial charge on any atom is 0.339 e. The number of nitrogens with one attached hydrogen (secondary N) is 1. The molecule has 170 valence electrons. The van der Waals surface area contributed by atoms with Gasteiger partial charge in [0.15, 0.2) is 0 Å². The van der Waals surface area contributed by atoms with Crippen LogP contribution in [0.4, 0.5) is 10.2 Å². The van der Waals surface area contributed by atoms with Gasteiger partial charge in [0.05, 0.1) is 0 Å². The zero-order valence-corrected chi connectivity index (χ0v) is 18.7. The molecular weight excluding hydrogens is 453 g/mol. The van der Waals surface area contributed by atoms with E-state index < -0.39 is 15.9 Å². The van der Waals surface area contributed by atoms with Gasteiger partial charge in [0.25, 0.3) is 0 Å². The van der Waals surface area contributed by atoms with Gasteiger partial charge in [-0.15, -0.1) is 0 Å². The number of nitrogens with zero attached hydrogens (tertiary/aromatic N) is 2. The molecule has 0 bridgehead atoms. The van der Waals surface area contributed by atoms with E-state index in [4.69, 9.17) is 9.17 Å². The Bertz CT molecular complexity index is 1550. The molecule has 0 atom stereocenters. The van der Waals surface area contributed by atoms with Gasteiger partial charge in [-0.25, -0.2) is 9.37 Å². The quantitative estimate of drug-likeness (QED) is 0.315. The van der Waals surface area contributed by atoms with Gasteiger partial charge in [-0.1, -0.05) is 48.5 Å². The van der Waals surface area contributed by atoms with Crippen LogP contribution in [0.3, 0.4) is 0 Å². The number of anilines is 1. The summed E-state index contributed by atoms with van der Waals surface area (Å²) in [5, 5.41) is 3.46. The Morgan fingerprint density at radius 3 is 2.44 bits per heavy atom. The summed E-state index contributed by atoms with van der Waals surface area (Å²) in [6, 6.07) is 26.9. The predicted octanol–water partition coefficient (Wildman–Crippen LogP) is 5.52. The summed E-state index contributed by atoms with van der Waals surface area (Å²) in [6.07, 6.45) is 1.92. The molecule has 0 saturated heterocycles. The second kappa shape index (κ2) is 8.99. The number of fused-ring (bicyclic) bond motifs is 1. The summed E-state index contributed by atoms with van der Waals surface area (Å²) < 4.78 is 45.8. The van der Waals surface area contributed by atoms with Gasteiger partial charge in [-0.2, -0.15) is 8.42 Å². The van der Waals surface area contributed by atoms with Crippen molar-refractivity contribution in [3.8, 4) is 17.0 Å². The Morgan fingerprint density at radius 1 is 0.882 bits per heavy atom. The molecule has 0 radical (unpaired) electrons. The van der Waals surface area contributed by atoms with Crippen LogP contribution < -0.4 is 9.50 Å². The molecule has 0 saturated carbocycles.